The molecule has 19 nitrogen and oxygen atoms in total. The van der Waals surface area contributed by atoms with Crippen LogP contribution in [0.2, 0.25) is 0 Å². The number of rotatable bonds is 14. The number of thiazole rings is 1. The van der Waals surface area contributed by atoms with E-state index in [1.807, 2.05) is 36.3 Å². The second kappa shape index (κ2) is 13.6. The zero-order valence-corrected chi connectivity index (χ0v) is 26.2. The zero-order chi connectivity index (χ0) is 33.0. The number of hydrogen-bond donors (Lipinski definition) is 5. The van der Waals surface area contributed by atoms with Crippen molar-refractivity contribution in [2.45, 2.75) is 38.1 Å². The summed E-state index contributed by atoms with van der Waals surface area (Å²) in [7, 11) is -2.83. The summed E-state index contributed by atoms with van der Waals surface area (Å²) in [5, 5.41) is 21.7. The summed E-state index contributed by atoms with van der Waals surface area (Å²) in [5.41, 5.74) is 13.0. The number of nitrogens with two attached hydrogens (primary N) is 2. The molecule has 0 saturated carbocycles. The first-order chi connectivity index (χ1) is 22.0. The van der Waals surface area contributed by atoms with Gasteiger partial charge in [0, 0.05) is 5.38 Å². The molecular formula is C25H31N12O7S2+. The van der Waals surface area contributed by atoms with Gasteiger partial charge in [-0.15, -0.1) is 26.2 Å². The minimum absolute atomic E-state index is 0.0275. The molecule has 1 fully saturated rings. The minimum Gasteiger partial charge on any atom is -0.489 e. The summed E-state index contributed by atoms with van der Waals surface area (Å²) in [6, 6.07) is 5.06. The number of nitrogens with zero attached hydrogens (tertiary/aromatic N) is 8. The maximum Gasteiger partial charge on any atom is 0.362 e. The largest absolute Gasteiger partial charge is 0.489 e. The van der Waals surface area contributed by atoms with E-state index in [9.17, 15) is 22.6 Å². The Labute approximate surface area is 266 Å². The lowest BCUT2D eigenvalue weighted by Gasteiger charge is -2.42. The van der Waals surface area contributed by atoms with Gasteiger partial charge in [-0.25, -0.2) is 9.29 Å². The summed E-state index contributed by atoms with van der Waals surface area (Å²) < 4.78 is 42.4. The van der Waals surface area contributed by atoms with Crippen molar-refractivity contribution in [1.29, 1.82) is 0 Å². The molecule has 1 aromatic carbocycles. The Morgan fingerprint density at radius 3 is 2.67 bits per heavy atom. The van der Waals surface area contributed by atoms with Crippen LogP contribution >= 0.6 is 11.3 Å². The highest BCUT2D eigenvalue weighted by Gasteiger charge is 2.51. The number of carbonyl (C=O) groups excluding carboxylic acids is 2. The molecule has 0 aliphatic carbocycles. The van der Waals surface area contributed by atoms with Crippen LogP contribution in [0.4, 0.5) is 5.13 Å². The van der Waals surface area contributed by atoms with Gasteiger partial charge < -0.3 is 26.4 Å². The Hall–Kier alpha value is -4.99. The van der Waals surface area contributed by atoms with Gasteiger partial charge >= 0.3 is 10.3 Å². The van der Waals surface area contributed by atoms with E-state index in [4.69, 9.17) is 21.0 Å². The van der Waals surface area contributed by atoms with E-state index < -0.39 is 40.3 Å². The third-order valence-corrected chi connectivity index (χ3v) is 8.65. The molecule has 46 heavy (non-hydrogen) atoms. The molecule has 3 aromatic heterocycles. The fourth-order valence-corrected chi connectivity index (χ4v) is 6.02. The van der Waals surface area contributed by atoms with Crippen LogP contribution in [-0.2, 0) is 38.3 Å². The van der Waals surface area contributed by atoms with E-state index in [1.165, 1.54) is 12.3 Å². The molecule has 1 aliphatic rings. The average Bonchev–Trinajstić information content (AvgIpc) is 3.78. The molecule has 4 heterocycles. The third kappa shape index (κ3) is 7.11. The second-order valence-electron chi connectivity index (χ2n) is 10.1. The Morgan fingerprint density at radius 2 is 2.07 bits per heavy atom. The average molecular weight is 676 g/mol. The van der Waals surface area contributed by atoms with Crippen LogP contribution in [-0.4, -0.2) is 90.3 Å². The van der Waals surface area contributed by atoms with Gasteiger partial charge in [0.25, 0.3) is 11.8 Å². The van der Waals surface area contributed by atoms with Gasteiger partial charge in [-0.3, -0.25) is 14.1 Å². The molecule has 244 valence electrons. The lowest BCUT2D eigenvalue weighted by Crippen LogP contribution is -2.71. The molecule has 3 atom stereocenters. The normalized spacial score (nSPS) is 17.4. The number of nitrogen functional groups attached to an aromatic ring is 1. The molecule has 21 heteroatoms. The number of aryl methyl sites for hydroxylation is 2. The Morgan fingerprint density at radius 1 is 1.30 bits per heavy atom. The maximum absolute atomic E-state index is 13.2. The number of anilines is 1. The Kier molecular flexibility index (Phi) is 9.55. The molecule has 5 rings (SSSR count). The molecule has 4 aromatic rings. The molecule has 0 unspecified atom stereocenters. The molecule has 0 spiro atoms. The van der Waals surface area contributed by atoms with Gasteiger partial charge in [-0.05, 0) is 37.6 Å². The van der Waals surface area contributed by atoms with Gasteiger partial charge in [-0.2, -0.15) is 18.3 Å². The number of ether oxygens (including phenoxy) is 1. The van der Waals surface area contributed by atoms with Gasteiger partial charge in [0.1, 0.15) is 24.1 Å². The number of hydrogen-bond acceptors (Lipinski definition) is 14. The SMILES string of the molecule is C[C@H]1[C@H](NC(=O)/C(=N\O[C@@H](COc2ccc(-c3cn(CCCN)[n+](C)c3)cc2)c2nn[nH]n2)c2csc(N)n2)C(=O)N1S(=O)(=O)O. The number of oxime groups is 1. The molecule has 1 aliphatic heterocycles. The van der Waals surface area contributed by atoms with E-state index in [0.29, 0.717) is 12.3 Å². The number of tetrazole rings is 1. The third-order valence-electron chi connectivity index (χ3n) is 6.97. The molecule has 7 N–H and O–H groups in total. The number of aromatic amines is 1. The molecule has 2 amide bonds. The van der Waals surface area contributed by atoms with Crippen molar-refractivity contribution < 1.29 is 36.8 Å². The van der Waals surface area contributed by atoms with Crippen LogP contribution in [0, 0.1) is 0 Å². The number of amides is 2. The summed E-state index contributed by atoms with van der Waals surface area (Å²) in [4.78, 5) is 35.3. The number of aromatic nitrogens is 7. The highest BCUT2D eigenvalue weighted by molar-refractivity contribution is 7.84. The second-order valence-corrected chi connectivity index (χ2v) is 12.3. The van der Waals surface area contributed by atoms with Crippen LogP contribution in [0.1, 0.15) is 31.0 Å². The zero-order valence-electron chi connectivity index (χ0n) is 24.5. The van der Waals surface area contributed by atoms with Crippen LogP contribution < -0.4 is 26.2 Å². The van der Waals surface area contributed by atoms with E-state index in [-0.39, 0.29) is 33.3 Å². The van der Waals surface area contributed by atoms with Crippen molar-refractivity contribution in [3.63, 3.8) is 0 Å². The first-order valence-corrected chi connectivity index (χ1v) is 16.0. The van der Waals surface area contributed by atoms with Crippen molar-refractivity contribution in [3.05, 3.63) is 53.6 Å². The van der Waals surface area contributed by atoms with Crippen LogP contribution in [0.25, 0.3) is 11.1 Å². The monoisotopic (exact) mass is 675 g/mol. The topological polar surface area (TPSA) is 263 Å². The van der Waals surface area contributed by atoms with E-state index in [1.54, 1.807) is 12.1 Å². The standard InChI is InChI=1S/C25H30N12O7S2/c1-14-20(24(39)37(14)46(40,41)42)29-23(38)21(18-13-45-25(27)28-18)32-44-19(22-30-33-34-31-22)12-43-17-6-4-15(5-7-17)16-10-35(2)36(11-16)9-3-8-26/h4-7,10-11,13-14,19-20H,3,8-9,12,26H2,1-2H3,(H4-,27,28,29,30,31,33,34,38,40,41,42)/p+1/b32-21-/t14-,19-,20-/m0/s1. The summed E-state index contributed by atoms with van der Waals surface area (Å²) in [6.07, 6.45) is 3.86. The van der Waals surface area contributed by atoms with Crippen molar-refractivity contribution in [2.24, 2.45) is 17.9 Å². The van der Waals surface area contributed by atoms with Crippen molar-refractivity contribution in [3.8, 4) is 16.9 Å². The maximum atomic E-state index is 13.2. The van der Waals surface area contributed by atoms with Gasteiger partial charge in [0.05, 0.1) is 24.3 Å². The molecule has 1 saturated heterocycles. The quantitative estimate of drug-likeness (QED) is 0.0351. The number of carbonyl (C=O) groups is 2. The first-order valence-electron chi connectivity index (χ1n) is 13.8. The smallest absolute Gasteiger partial charge is 0.362 e. The Bertz CT molecular complexity index is 1820. The fourth-order valence-electron chi connectivity index (χ4n) is 4.59. The van der Waals surface area contributed by atoms with E-state index in [0.717, 1.165) is 35.4 Å². The molecule has 0 radical (unpaired) electrons. The molecule has 0 bridgehead atoms. The van der Waals surface area contributed by atoms with E-state index >= 15 is 0 Å². The number of nitrogens with one attached hydrogen (secondary N) is 2. The highest BCUT2D eigenvalue weighted by atomic mass is 32.2. The Balaban J connectivity index is 1.30. The van der Waals surface area contributed by atoms with Crippen molar-refractivity contribution in [1.82, 2.24) is 39.9 Å². The lowest BCUT2D eigenvalue weighted by molar-refractivity contribution is -0.753. The van der Waals surface area contributed by atoms with Crippen molar-refractivity contribution >= 4 is 44.3 Å². The summed E-state index contributed by atoms with van der Waals surface area (Å²) in [5.74, 6) is -1.37. The summed E-state index contributed by atoms with van der Waals surface area (Å²) >= 11 is 1.03. The van der Waals surface area contributed by atoms with Crippen molar-refractivity contribution in [2.75, 3.05) is 18.9 Å². The van der Waals surface area contributed by atoms with Crippen LogP contribution in [0.3, 0.4) is 0 Å². The summed E-state index contributed by atoms with van der Waals surface area (Å²) in [6.45, 7) is 2.59. The van der Waals surface area contributed by atoms with Gasteiger partial charge in [-0.1, -0.05) is 22.5 Å². The predicted molar refractivity (Wildman–Crippen MR) is 161 cm³/mol. The van der Waals surface area contributed by atoms with E-state index in [2.05, 4.69) is 40.8 Å². The van der Waals surface area contributed by atoms with Gasteiger partial charge in [0.15, 0.2) is 17.9 Å². The number of H-pyrrole nitrogens is 1. The molecular weight excluding hydrogens is 644 g/mol. The minimum atomic E-state index is -4.79. The lowest BCUT2D eigenvalue weighted by atomic mass is 10.0. The van der Waals surface area contributed by atoms with Crippen LogP contribution in [0.5, 0.6) is 5.75 Å². The number of benzene rings is 1. The first kappa shape index (κ1) is 32.4. The highest BCUT2D eigenvalue weighted by Crippen LogP contribution is 2.25. The fraction of sp³-hybridized carbons (Fsp3) is 0.360. The van der Waals surface area contributed by atoms with Crippen LogP contribution in [0.15, 0.2) is 47.2 Å². The number of β-lactam (4-membered cyclic amide) rings is 1. The predicted octanol–water partition coefficient (Wildman–Crippen LogP) is -1.06. The van der Waals surface area contributed by atoms with Gasteiger partial charge in [0.2, 0.25) is 18.1 Å².